The third kappa shape index (κ3) is 6.47. The number of benzene rings is 2. The maximum absolute atomic E-state index is 13.8. The lowest BCUT2D eigenvalue weighted by molar-refractivity contribution is -0.136. The van der Waals surface area contributed by atoms with E-state index in [9.17, 15) is 19.2 Å². The summed E-state index contributed by atoms with van der Waals surface area (Å²) in [6.45, 7) is 4.76. The molecule has 0 radical (unpaired) electrons. The second kappa shape index (κ2) is 12.8. The molecule has 2 aliphatic heterocycles. The molecule has 45 heavy (non-hydrogen) atoms. The normalized spacial score (nSPS) is 19.4. The van der Waals surface area contributed by atoms with E-state index < -0.39 is 6.04 Å². The average molecular weight is 630 g/mol. The minimum Gasteiger partial charge on any atom is -0.457 e. The monoisotopic (exact) mass is 629 g/mol. The Morgan fingerprint density at radius 1 is 1.09 bits per heavy atom. The number of hydrogen-bond donors (Lipinski definition) is 1. The molecule has 0 aliphatic carbocycles. The van der Waals surface area contributed by atoms with E-state index in [1.807, 2.05) is 55.5 Å². The van der Waals surface area contributed by atoms with Crippen LogP contribution in [0.5, 0.6) is 11.5 Å². The topological polar surface area (TPSA) is 123 Å². The highest BCUT2D eigenvalue weighted by Gasteiger charge is 2.35. The molecule has 1 fully saturated rings. The van der Waals surface area contributed by atoms with Crippen molar-refractivity contribution in [2.75, 3.05) is 26.2 Å². The molecule has 4 heterocycles. The second-order valence-corrected chi connectivity index (χ2v) is 12.4. The maximum Gasteiger partial charge on any atom is 0.264 e. The smallest absolute Gasteiger partial charge is 0.264 e. The van der Waals surface area contributed by atoms with E-state index in [1.165, 1.54) is 27.1 Å². The van der Waals surface area contributed by atoms with Crippen molar-refractivity contribution in [2.24, 2.45) is 7.05 Å². The van der Waals surface area contributed by atoms with Crippen LogP contribution < -0.4 is 15.6 Å². The Morgan fingerprint density at radius 2 is 1.82 bits per heavy atom. The van der Waals surface area contributed by atoms with E-state index in [2.05, 4.69) is 10.3 Å². The van der Waals surface area contributed by atoms with Crippen LogP contribution in [0.4, 0.5) is 0 Å². The molecule has 234 valence electrons. The highest BCUT2D eigenvalue weighted by Crippen LogP contribution is 2.30. The number of ether oxygens (including phenoxy) is 2. The summed E-state index contributed by atoms with van der Waals surface area (Å²) in [5, 5.41) is 3.51. The summed E-state index contributed by atoms with van der Waals surface area (Å²) >= 11 is 1.20. The number of aryl methyl sites for hydroxylation is 2. The number of amides is 3. The van der Waals surface area contributed by atoms with E-state index >= 15 is 0 Å². The first kappa shape index (κ1) is 30.5. The molecular weight excluding hydrogens is 594 g/mol. The van der Waals surface area contributed by atoms with Gasteiger partial charge in [0.2, 0.25) is 11.8 Å². The fourth-order valence-electron chi connectivity index (χ4n) is 5.86. The van der Waals surface area contributed by atoms with Gasteiger partial charge in [-0.3, -0.25) is 19.2 Å². The lowest BCUT2D eigenvalue weighted by atomic mass is 10.0. The molecule has 12 heteroatoms. The fourth-order valence-corrected chi connectivity index (χ4v) is 6.96. The number of nitrogens with one attached hydrogen (secondary N) is 1. The lowest BCUT2D eigenvalue weighted by Crippen LogP contribution is -2.58. The van der Waals surface area contributed by atoms with Crippen LogP contribution in [-0.2, 0) is 34.4 Å². The number of nitrogens with zero attached hydrogens (tertiary/aromatic N) is 4. The van der Waals surface area contributed by atoms with Gasteiger partial charge in [0.25, 0.3) is 11.5 Å². The van der Waals surface area contributed by atoms with Crippen LogP contribution in [0.1, 0.15) is 39.7 Å². The molecule has 4 aromatic rings. The number of hydrogen-bond acceptors (Lipinski definition) is 8. The summed E-state index contributed by atoms with van der Waals surface area (Å²) in [6, 6.07) is 14.5. The standard InChI is InChI=1S/C33H35N5O6S/c1-4-37-17-27(39)35-25-16-38(33(42)30-20(2)29-31(45-30)34-19-36(3)32(29)41)12-11-26(25)43-18-22-8-6-10-24(14-22)44-23-9-5-7-21(13-23)15-28(37)40/h5-10,13-14,19,25-26H,4,11-12,15-18H2,1-3H3,(H,35,39)/t25-,26-/m0/s1. The van der Waals surface area contributed by atoms with Crippen LogP contribution in [0.2, 0.25) is 0 Å². The molecule has 0 saturated carbocycles. The van der Waals surface area contributed by atoms with E-state index in [0.29, 0.717) is 51.7 Å². The first-order valence-electron chi connectivity index (χ1n) is 15.0. The summed E-state index contributed by atoms with van der Waals surface area (Å²) in [5.74, 6) is 0.542. The molecule has 0 unspecified atom stereocenters. The van der Waals surface area contributed by atoms with Crippen molar-refractivity contribution in [2.45, 2.75) is 45.4 Å². The minimum absolute atomic E-state index is 0.117. The molecule has 6 rings (SSSR count). The molecule has 2 aromatic carbocycles. The van der Waals surface area contributed by atoms with Gasteiger partial charge in [-0.1, -0.05) is 24.3 Å². The number of rotatable bonds is 2. The van der Waals surface area contributed by atoms with Gasteiger partial charge in [-0.2, -0.15) is 0 Å². The quantitative estimate of drug-likeness (QED) is 0.361. The molecule has 2 atom stereocenters. The number of thiophene rings is 1. The number of carbonyl (C=O) groups is 3. The van der Waals surface area contributed by atoms with Gasteiger partial charge in [-0.15, -0.1) is 11.3 Å². The largest absolute Gasteiger partial charge is 0.457 e. The molecule has 3 amide bonds. The Labute approximate surface area is 264 Å². The van der Waals surface area contributed by atoms with Crippen LogP contribution in [0.3, 0.4) is 0 Å². The maximum atomic E-state index is 13.8. The SMILES string of the molecule is CCN1CC(=O)N[C@H]2CN(C(=O)c3sc4ncn(C)c(=O)c4c3C)CC[C@@H]2OCc2cccc(c2)Oc2cccc(c2)CC1=O. The van der Waals surface area contributed by atoms with Crippen LogP contribution in [0.15, 0.2) is 59.7 Å². The van der Waals surface area contributed by atoms with Crippen molar-refractivity contribution in [3.8, 4) is 11.5 Å². The third-order valence-electron chi connectivity index (χ3n) is 8.31. The predicted molar refractivity (Wildman–Crippen MR) is 170 cm³/mol. The highest BCUT2D eigenvalue weighted by molar-refractivity contribution is 7.20. The van der Waals surface area contributed by atoms with Gasteiger partial charge in [0.15, 0.2) is 0 Å². The molecule has 11 nitrogen and oxygen atoms in total. The number of likely N-dealkylation sites (tertiary alicyclic amines) is 1. The van der Waals surface area contributed by atoms with E-state index in [4.69, 9.17) is 9.47 Å². The molecule has 1 N–H and O–H groups in total. The van der Waals surface area contributed by atoms with Gasteiger partial charge >= 0.3 is 0 Å². The van der Waals surface area contributed by atoms with Crippen LogP contribution >= 0.6 is 11.3 Å². The van der Waals surface area contributed by atoms with Crippen LogP contribution in [0.25, 0.3) is 10.2 Å². The number of carbonyl (C=O) groups excluding carboxylic acids is 3. The summed E-state index contributed by atoms with van der Waals surface area (Å²) in [4.78, 5) is 61.7. The van der Waals surface area contributed by atoms with E-state index in [-0.39, 0.29) is 55.5 Å². The number of piperidine rings is 1. The average Bonchev–Trinajstić information content (AvgIpc) is 3.37. The van der Waals surface area contributed by atoms with Crippen molar-refractivity contribution in [1.29, 1.82) is 0 Å². The molecule has 0 spiro atoms. The predicted octanol–water partition coefficient (Wildman–Crippen LogP) is 3.42. The summed E-state index contributed by atoms with van der Waals surface area (Å²) in [6.07, 6.45) is 1.69. The van der Waals surface area contributed by atoms with Crippen molar-refractivity contribution in [3.63, 3.8) is 0 Å². The zero-order valence-electron chi connectivity index (χ0n) is 25.4. The Kier molecular flexibility index (Phi) is 8.68. The van der Waals surface area contributed by atoms with E-state index in [0.717, 1.165) is 11.1 Å². The van der Waals surface area contributed by atoms with Crippen LogP contribution in [-0.4, -0.2) is 75.4 Å². The van der Waals surface area contributed by atoms with Crippen molar-refractivity contribution in [3.05, 3.63) is 86.8 Å². The first-order valence-corrected chi connectivity index (χ1v) is 15.8. The minimum atomic E-state index is -0.519. The molecule has 2 aliphatic rings. The Balaban J connectivity index is 1.27. The summed E-state index contributed by atoms with van der Waals surface area (Å²) in [5.41, 5.74) is 2.09. The number of aromatic nitrogens is 2. The van der Waals surface area contributed by atoms with Crippen molar-refractivity contribution < 1.29 is 23.9 Å². The molecule has 2 aromatic heterocycles. The van der Waals surface area contributed by atoms with Gasteiger partial charge in [-0.25, -0.2) is 4.98 Å². The van der Waals surface area contributed by atoms with E-state index in [1.54, 1.807) is 18.9 Å². The van der Waals surface area contributed by atoms with Crippen molar-refractivity contribution in [1.82, 2.24) is 24.7 Å². The van der Waals surface area contributed by atoms with Gasteiger partial charge in [0, 0.05) is 26.7 Å². The zero-order chi connectivity index (χ0) is 31.7. The zero-order valence-corrected chi connectivity index (χ0v) is 26.3. The van der Waals surface area contributed by atoms with Gasteiger partial charge in [-0.05, 0) is 61.2 Å². The molecule has 4 bridgehead atoms. The molecular formula is C33H35N5O6S. The third-order valence-corrected chi connectivity index (χ3v) is 9.50. The van der Waals surface area contributed by atoms with Crippen molar-refractivity contribution >= 4 is 39.3 Å². The number of likely N-dealkylation sites (N-methyl/N-ethyl adjacent to an activating group) is 1. The van der Waals surface area contributed by atoms with Crippen LogP contribution in [0, 0.1) is 6.92 Å². The lowest BCUT2D eigenvalue weighted by Gasteiger charge is -2.39. The van der Waals surface area contributed by atoms with Gasteiger partial charge in [0.1, 0.15) is 16.3 Å². The summed E-state index contributed by atoms with van der Waals surface area (Å²) in [7, 11) is 1.63. The fraction of sp³-hybridized carbons (Fsp3) is 0.364. The second-order valence-electron chi connectivity index (χ2n) is 11.4. The summed E-state index contributed by atoms with van der Waals surface area (Å²) < 4.78 is 13.9. The Morgan fingerprint density at radius 3 is 2.58 bits per heavy atom. The van der Waals surface area contributed by atoms with Gasteiger partial charge < -0.3 is 29.2 Å². The molecule has 1 saturated heterocycles. The Bertz CT molecular complexity index is 1830. The van der Waals surface area contributed by atoms with Gasteiger partial charge in [0.05, 0.1) is 48.3 Å². The highest BCUT2D eigenvalue weighted by atomic mass is 32.1. The Hall–Kier alpha value is -4.55. The number of fused-ring (bicyclic) bond motifs is 6. The first-order chi connectivity index (χ1) is 21.7.